The predicted octanol–water partition coefficient (Wildman–Crippen LogP) is 2.90. The lowest BCUT2D eigenvalue weighted by Gasteiger charge is -2.19. The number of anilines is 1. The number of hydrogen-bond donors (Lipinski definition) is 0. The predicted molar refractivity (Wildman–Crippen MR) is 69.0 cm³/mol. The van der Waals surface area contributed by atoms with Gasteiger partial charge in [0.1, 0.15) is 5.56 Å². The largest absolute Gasteiger partial charge is 0.423 e. The average Bonchev–Trinajstić information content (AvgIpc) is 2.56. The molecule has 1 heterocycles. The second-order valence-electron chi connectivity index (χ2n) is 5.55. The number of imide groups is 1. The lowest BCUT2D eigenvalue weighted by atomic mass is 9.92. The number of alkyl halides is 3. The van der Waals surface area contributed by atoms with Crippen LogP contribution in [0.2, 0.25) is 0 Å². The normalized spacial score (nSPS) is 18.0. The van der Waals surface area contributed by atoms with E-state index >= 15 is 0 Å². The van der Waals surface area contributed by atoms with Crippen LogP contribution in [0.15, 0.2) is 18.2 Å². The highest BCUT2D eigenvalue weighted by molar-refractivity contribution is 6.22. The SMILES string of the molecule is CC1(C)CC(=O)N(c2ccc([N+](=O)[O-])c(C(F)(F)F)c2)C1=O. The molecule has 2 amide bonds. The maximum atomic E-state index is 12.9. The molecule has 0 radical (unpaired) electrons. The van der Waals surface area contributed by atoms with Crippen LogP contribution in [0.4, 0.5) is 24.5 Å². The standard InChI is InChI=1S/C13H11F3N2O4/c1-12(2)6-10(19)17(11(12)20)7-3-4-9(18(21)22)8(5-7)13(14,15)16/h3-5H,6H2,1-2H3. The Morgan fingerprint density at radius 3 is 2.27 bits per heavy atom. The first-order valence-corrected chi connectivity index (χ1v) is 6.18. The van der Waals surface area contributed by atoms with Crippen LogP contribution in [-0.4, -0.2) is 16.7 Å². The number of amides is 2. The van der Waals surface area contributed by atoms with Crippen molar-refractivity contribution in [2.45, 2.75) is 26.4 Å². The zero-order chi connectivity index (χ0) is 16.9. The van der Waals surface area contributed by atoms with Gasteiger partial charge in [-0.2, -0.15) is 13.2 Å². The maximum Gasteiger partial charge on any atom is 0.423 e. The summed E-state index contributed by atoms with van der Waals surface area (Å²) in [6, 6.07) is 2.06. The summed E-state index contributed by atoms with van der Waals surface area (Å²) in [4.78, 5) is 34.1. The molecule has 1 saturated heterocycles. The Labute approximate surface area is 122 Å². The third kappa shape index (κ3) is 2.53. The Morgan fingerprint density at radius 2 is 1.86 bits per heavy atom. The Hall–Kier alpha value is -2.45. The molecular weight excluding hydrogens is 305 g/mol. The molecular formula is C13H11F3N2O4. The molecule has 118 valence electrons. The smallest absolute Gasteiger partial charge is 0.274 e. The fraction of sp³-hybridized carbons (Fsp3) is 0.385. The second kappa shape index (κ2) is 4.79. The summed E-state index contributed by atoms with van der Waals surface area (Å²) in [5, 5.41) is 10.7. The number of benzene rings is 1. The van der Waals surface area contributed by atoms with Crippen LogP contribution < -0.4 is 4.90 Å². The van der Waals surface area contributed by atoms with E-state index in [2.05, 4.69) is 0 Å². The van der Waals surface area contributed by atoms with E-state index in [1.54, 1.807) is 0 Å². The molecule has 6 nitrogen and oxygen atoms in total. The van der Waals surface area contributed by atoms with Gasteiger partial charge in [-0.05, 0) is 12.1 Å². The van der Waals surface area contributed by atoms with Crippen LogP contribution in [0.1, 0.15) is 25.8 Å². The minimum absolute atomic E-state index is 0.135. The number of nitrogens with zero attached hydrogens (tertiary/aromatic N) is 2. The van der Waals surface area contributed by atoms with Crippen LogP contribution in [0.3, 0.4) is 0 Å². The molecule has 1 fully saturated rings. The minimum atomic E-state index is -4.97. The summed E-state index contributed by atoms with van der Waals surface area (Å²) in [5.41, 5.74) is -3.97. The van der Waals surface area contributed by atoms with Crippen molar-refractivity contribution in [3.8, 4) is 0 Å². The van der Waals surface area contributed by atoms with E-state index < -0.39 is 39.6 Å². The Morgan fingerprint density at radius 1 is 1.27 bits per heavy atom. The van der Waals surface area contributed by atoms with Crippen molar-refractivity contribution in [2.24, 2.45) is 5.41 Å². The highest BCUT2D eigenvalue weighted by Gasteiger charge is 2.47. The van der Waals surface area contributed by atoms with Crippen LogP contribution in [0.25, 0.3) is 0 Å². The Kier molecular flexibility index (Phi) is 3.47. The molecule has 1 aromatic rings. The molecule has 0 unspecified atom stereocenters. The van der Waals surface area contributed by atoms with Crippen molar-refractivity contribution in [2.75, 3.05) is 4.90 Å². The molecule has 0 aliphatic carbocycles. The van der Waals surface area contributed by atoms with E-state index in [-0.39, 0.29) is 12.1 Å². The summed E-state index contributed by atoms with van der Waals surface area (Å²) in [6.07, 6.45) is -5.11. The van der Waals surface area contributed by atoms with Crippen molar-refractivity contribution < 1.29 is 27.7 Å². The highest BCUT2D eigenvalue weighted by Crippen LogP contribution is 2.41. The third-order valence-electron chi connectivity index (χ3n) is 3.37. The van der Waals surface area contributed by atoms with Crippen LogP contribution in [0.5, 0.6) is 0 Å². The third-order valence-corrected chi connectivity index (χ3v) is 3.37. The topological polar surface area (TPSA) is 80.5 Å². The monoisotopic (exact) mass is 316 g/mol. The molecule has 9 heteroatoms. The molecule has 1 aliphatic heterocycles. The fourth-order valence-corrected chi connectivity index (χ4v) is 2.26. The minimum Gasteiger partial charge on any atom is -0.274 e. The molecule has 0 bridgehead atoms. The molecule has 0 N–H and O–H groups in total. The van der Waals surface area contributed by atoms with E-state index in [1.807, 2.05) is 0 Å². The summed E-state index contributed by atoms with van der Waals surface area (Å²) >= 11 is 0. The van der Waals surface area contributed by atoms with Gasteiger partial charge in [0.05, 0.1) is 16.0 Å². The Balaban J connectivity index is 2.57. The van der Waals surface area contributed by atoms with E-state index in [0.29, 0.717) is 17.0 Å². The molecule has 0 spiro atoms. The molecule has 1 aromatic carbocycles. The zero-order valence-electron chi connectivity index (χ0n) is 11.6. The van der Waals surface area contributed by atoms with Gasteiger partial charge in [0.2, 0.25) is 11.8 Å². The van der Waals surface area contributed by atoms with Crippen molar-refractivity contribution in [3.05, 3.63) is 33.9 Å². The van der Waals surface area contributed by atoms with Crippen molar-refractivity contribution in [1.29, 1.82) is 0 Å². The zero-order valence-corrected chi connectivity index (χ0v) is 11.6. The quantitative estimate of drug-likeness (QED) is 0.477. The highest BCUT2D eigenvalue weighted by atomic mass is 19.4. The van der Waals surface area contributed by atoms with Gasteiger partial charge in [-0.15, -0.1) is 0 Å². The van der Waals surface area contributed by atoms with Gasteiger partial charge in [-0.25, -0.2) is 0 Å². The summed E-state index contributed by atoms with van der Waals surface area (Å²) < 4.78 is 38.8. The molecule has 1 aliphatic rings. The molecule has 22 heavy (non-hydrogen) atoms. The summed E-state index contributed by atoms with van der Waals surface area (Å²) in [6.45, 7) is 3.01. The van der Waals surface area contributed by atoms with Crippen molar-refractivity contribution in [3.63, 3.8) is 0 Å². The number of halogens is 3. The van der Waals surface area contributed by atoms with Crippen LogP contribution in [0, 0.1) is 15.5 Å². The van der Waals surface area contributed by atoms with Gasteiger partial charge < -0.3 is 0 Å². The fourth-order valence-electron chi connectivity index (χ4n) is 2.26. The molecule has 0 aromatic heterocycles. The van der Waals surface area contributed by atoms with E-state index in [1.165, 1.54) is 13.8 Å². The lowest BCUT2D eigenvalue weighted by Crippen LogP contribution is -2.33. The molecule has 2 rings (SSSR count). The summed E-state index contributed by atoms with van der Waals surface area (Å²) in [7, 11) is 0. The lowest BCUT2D eigenvalue weighted by molar-refractivity contribution is -0.388. The first-order chi connectivity index (χ1) is 9.95. The first kappa shape index (κ1) is 15.9. The van der Waals surface area contributed by atoms with Gasteiger partial charge in [0, 0.05) is 12.5 Å². The van der Waals surface area contributed by atoms with Crippen LogP contribution in [-0.2, 0) is 15.8 Å². The van der Waals surface area contributed by atoms with Gasteiger partial charge in [-0.1, -0.05) is 13.8 Å². The van der Waals surface area contributed by atoms with E-state index in [0.717, 1.165) is 6.07 Å². The molecule has 0 atom stereocenters. The van der Waals surface area contributed by atoms with Gasteiger partial charge >= 0.3 is 6.18 Å². The number of nitro benzene ring substituents is 1. The average molecular weight is 316 g/mol. The van der Waals surface area contributed by atoms with E-state index in [4.69, 9.17) is 0 Å². The van der Waals surface area contributed by atoms with Crippen molar-refractivity contribution in [1.82, 2.24) is 0 Å². The van der Waals surface area contributed by atoms with Crippen molar-refractivity contribution >= 4 is 23.2 Å². The Bertz CT molecular complexity index is 682. The summed E-state index contributed by atoms with van der Waals surface area (Å²) in [5.74, 6) is -1.28. The number of carbonyl (C=O) groups excluding carboxylic acids is 2. The maximum absolute atomic E-state index is 12.9. The first-order valence-electron chi connectivity index (χ1n) is 6.18. The number of rotatable bonds is 2. The van der Waals surface area contributed by atoms with Gasteiger partial charge in [0.25, 0.3) is 5.69 Å². The second-order valence-corrected chi connectivity index (χ2v) is 5.55. The number of carbonyl (C=O) groups is 2. The van der Waals surface area contributed by atoms with E-state index in [9.17, 15) is 32.9 Å². The van der Waals surface area contributed by atoms with Gasteiger partial charge in [0.15, 0.2) is 0 Å². The number of hydrogen-bond acceptors (Lipinski definition) is 4. The molecule has 0 saturated carbocycles. The van der Waals surface area contributed by atoms with Gasteiger partial charge in [-0.3, -0.25) is 24.6 Å². The van der Waals surface area contributed by atoms with Crippen LogP contribution >= 0.6 is 0 Å². The number of nitro groups is 1.